The normalized spacial score (nSPS) is 13.5. The summed E-state index contributed by atoms with van der Waals surface area (Å²) in [6, 6.07) is 11.8. The van der Waals surface area contributed by atoms with Gasteiger partial charge >= 0.3 is 5.97 Å². The molecule has 0 unspecified atom stereocenters. The van der Waals surface area contributed by atoms with E-state index in [2.05, 4.69) is 5.32 Å². The Morgan fingerprint density at radius 1 is 1.20 bits per heavy atom. The third-order valence-electron chi connectivity index (χ3n) is 4.72. The SMILES string of the molecule is CCOC(=O)C(C)(C)Oc1ccc(CCN[C@@H](C)[C@@H](O)c2ccc(O)cc2)cc1Cl. The number of nitrogens with one attached hydrogen (secondary N) is 1. The lowest BCUT2D eigenvalue weighted by atomic mass is 10.0. The predicted octanol–water partition coefficient (Wildman–Crippen LogP) is 4.02. The Hall–Kier alpha value is -2.28. The standard InChI is InChI=1S/C23H30ClNO5/c1-5-29-22(28)23(3,4)30-20-11-6-16(14-19(20)24)12-13-25-15(2)21(27)17-7-9-18(26)10-8-17/h6-11,14-15,21,25-27H,5,12-13H2,1-4H3/t15-,21+/m0/s1. The monoisotopic (exact) mass is 435 g/mol. The summed E-state index contributed by atoms with van der Waals surface area (Å²) < 4.78 is 10.8. The van der Waals surface area contributed by atoms with Crippen LogP contribution in [0.2, 0.25) is 5.02 Å². The van der Waals surface area contributed by atoms with Crippen LogP contribution in [0.1, 0.15) is 44.9 Å². The second kappa shape index (κ2) is 10.7. The molecule has 0 aliphatic carbocycles. The first kappa shape index (κ1) is 24.0. The predicted molar refractivity (Wildman–Crippen MR) is 117 cm³/mol. The zero-order valence-corrected chi connectivity index (χ0v) is 18.6. The number of carbonyl (C=O) groups is 1. The molecule has 0 spiro atoms. The van der Waals surface area contributed by atoms with Gasteiger partial charge in [0.05, 0.1) is 17.7 Å². The number of aromatic hydroxyl groups is 1. The van der Waals surface area contributed by atoms with Crippen molar-refractivity contribution in [3.05, 3.63) is 58.6 Å². The number of rotatable bonds is 10. The van der Waals surface area contributed by atoms with Crippen LogP contribution in [-0.2, 0) is 16.0 Å². The van der Waals surface area contributed by atoms with Gasteiger partial charge in [-0.05, 0) is 76.1 Å². The number of phenolic OH excluding ortho intramolecular Hbond substituents is 1. The molecule has 0 saturated carbocycles. The minimum Gasteiger partial charge on any atom is -0.508 e. The Labute approximate surface area is 182 Å². The number of carbonyl (C=O) groups excluding carboxylic acids is 1. The molecule has 2 rings (SSSR count). The van der Waals surface area contributed by atoms with Crippen molar-refractivity contribution in [2.45, 2.75) is 51.9 Å². The molecule has 0 bridgehead atoms. The first-order valence-corrected chi connectivity index (χ1v) is 10.4. The van der Waals surface area contributed by atoms with Crippen molar-refractivity contribution in [1.29, 1.82) is 0 Å². The fourth-order valence-corrected chi connectivity index (χ4v) is 3.16. The van der Waals surface area contributed by atoms with Gasteiger partial charge < -0.3 is 25.0 Å². The number of ether oxygens (including phenoxy) is 2. The number of halogens is 1. The number of hydrogen-bond acceptors (Lipinski definition) is 6. The van der Waals surface area contributed by atoms with Crippen LogP contribution in [-0.4, -0.2) is 41.0 Å². The summed E-state index contributed by atoms with van der Waals surface area (Å²) in [6.07, 6.45) is 0.0172. The molecular weight excluding hydrogens is 406 g/mol. The van der Waals surface area contributed by atoms with E-state index in [0.29, 0.717) is 23.7 Å². The number of esters is 1. The largest absolute Gasteiger partial charge is 0.508 e. The van der Waals surface area contributed by atoms with Crippen LogP contribution in [0.15, 0.2) is 42.5 Å². The molecule has 2 aromatic carbocycles. The van der Waals surface area contributed by atoms with Gasteiger partial charge in [0.15, 0.2) is 5.60 Å². The number of benzene rings is 2. The Morgan fingerprint density at radius 3 is 2.47 bits per heavy atom. The third kappa shape index (κ3) is 6.62. The van der Waals surface area contributed by atoms with Crippen LogP contribution >= 0.6 is 11.6 Å². The molecule has 0 fully saturated rings. The molecule has 7 heteroatoms. The molecule has 2 atom stereocenters. The van der Waals surface area contributed by atoms with Crippen molar-refractivity contribution < 1.29 is 24.5 Å². The molecule has 30 heavy (non-hydrogen) atoms. The van der Waals surface area contributed by atoms with Gasteiger partial charge in [0.1, 0.15) is 11.5 Å². The minimum absolute atomic E-state index is 0.168. The van der Waals surface area contributed by atoms with Crippen molar-refractivity contribution in [1.82, 2.24) is 5.32 Å². The molecule has 6 nitrogen and oxygen atoms in total. The lowest BCUT2D eigenvalue weighted by molar-refractivity contribution is -0.158. The Bertz CT molecular complexity index is 838. The van der Waals surface area contributed by atoms with Gasteiger partial charge in [-0.3, -0.25) is 0 Å². The summed E-state index contributed by atoms with van der Waals surface area (Å²) >= 11 is 6.34. The van der Waals surface area contributed by atoms with Gasteiger partial charge in [-0.15, -0.1) is 0 Å². The van der Waals surface area contributed by atoms with Crippen molar-refractivity contribution >= 4 is 17.6 Å². The molecule has 0 amide bonds. The number of aliphatic hydroxyl groups excluding tert-OH is 1. The van der Waals surface area contributed by atoms with Crippen LogP contribution < -0.4 is 10.1 Å². The minimum atomic E-state index is -1.14. The molecular formula is C23H30ClNO5. The highest BCUT2D eigenvalue weighted by atomic mass is 35.5. The lowest BCUT2D eigenvalue weighted by Gasteiger charge is -2.25. The fraction of sp³-hybridized carbons (Fsp3) is 0.435. The third-order valence-corrected chi connectivity index (χ3v) is 5.01. The van der Waals surface area contributed by atoms with E-state index >= 15 is 0 Å². The maximum Gasteiger partial charge on any atom is 0.349 e. The van der Waals surface area contributed by atoms with Crippen molar-refractivity contribution in [3.8, 4) is 11.5 Å². The summed E-state index contributed by atoms with van der Waals surface area (Å²) in [5, 5.41) is 23.5. The van der Waals surface area contributed by atoms with Crippen LogP contribution in [0, 0.1) is 0 Å². The highest BCUT2D eigenvalue weighted by Gasteiger charge is 2.32. The fourth-order valence-electron chi connectivity index (χ4n) is 2.92. The van der Waals surface area contributed by atoms with Crippen molar-refractivity contribution in [2.24, 2.45) is 0 Å². The van der Waals surface area contributed by atoms with Crippen LogP contribution in [0.4, 0.5) is 0 Å². The molecule has 0 radical (unpaired) electrons. The topological polar surface area (TPSA) is 88.0 Å². The Kier molecular flexibility index (Phi) is 8.53. The first-order valence-electron chi connectivity index (χ1n) is 9.99. The molecule has 0 aromatic heterocycles. The maximum absolute atomic E-state index is 12.0. The zero-order chi connectivity index (χ0) is 22.3. The van der Waals surface area contributed by atoms with Gasteiger partial charge in [0.25, 0.3) is 0 Å². The van der Waals surface area contributed by atoms with E-state index in [0.717, 1.165) is 11.1 Å². The molecule has 0 heterocycles. The van der Waals surface area contributed by atoms with Crippen LogP contribution in [0.3, 0.4) is 0 Å². The van der Waals surface area contributed by atoms with Gasteiger partial charge in [0, 0.05) is 6.04 Å². The highest BCUT2D eigenvalue weighted by molar-refractivity contribution is 6.32. The van der Waals surface area contributed by atoms with E-state index in [1.54, 1.807) is 57.2 Å². The van der Waals surface area contributed by atoms with Gasteiger partial charge in [-0.25, -0.2) is 4.79 Å². The maximum atomic E-state index is 12.0. The summed E-state index contributed by atoms with van der Waals surface area (Å²) in [5.74, 6) is 0.138. The first-order chi connectivity index (χ1) is 14.1. The Balaban J connectivity index is 1.90. The smallest absolute Gasteiger partial charge is 0.349 e. The number of hydrogen-bond donors (Lipinski definition) is 3. The second-order valence-electron chi connectivity index (χ2n) is 7.63. The summed E-state index contributed by atoms with van der Waals surface area (Å²) in [7, 11) is 0. The van der Waals surface area contributed by atoms with Gasteiger partial charge in [-0.1, -0.05) is 29.8 Å². The molecule has 164 valence electrons. The van der Waals surface area contributed by atoms with E-state index in [-0.39, 0.29) is 18.4 Å². The van der Waals surface area contributed by atoms with E-state index in [1.807, 2.05) is 13.0 Å². The van der Waals surface area contributed by atoms with Crippen LogP contribution in [0.5, 0.6) is 11.5 Å². The summed E-state index contributed by atoms with van der Waals surface area (Å²) in [4.78, 5) is 12.0. The van der Waals surface area contributed by atoms with E-state index in [4.69, 9.17) is 21.1 Å². The molecule has 0 aliphatic rings. The molecule has 0 saturated heterocycles. The molecule has 0 aliphatic heterocycles. The summed E-state index contributed by atoms with van der Waals surface area (Å²) in [6.45, 7) is 7.85. The van der Waals surface area contributed by atoms with Gasteiger partial charge in [-0.2, -0.15) is 0 Å². The summed E-state index contributed by atoms with van der Waals surface area (Å²) in [5.41, 5.74) is 0.601. The average molecular weight is 436 g/mol. The molecule has 3 N–H and O–H groups in total. The number of phenols is 1. The van der Waals surface area contributed by atoms with E-state index in [9.17, 15) is 15.0 Å². The van der Waals surface area contributed by atoms with Crippen LogP contribution in [0.25, 0.3) is 0 Å². The second-order valence-corrected chi connectivity index (χ2v) is 8.03. The average Bonchev–Trinajstić information content (AvgIpc) is 2.70. The van der Waals surface area contributed by atoms with Gasteiger partial charge in [0.2, 0.25) is 0 Å². The Morgan fingerprint density at radius 2 is 1.87 bits per heavy atom. The van der Waals surface area contributed by atoms with E-state index < -0.39 is 17.7 Å². The zero-order valence-electron chi connectivity index (χ0n) is 17.8. The van der Waals surface area contributed by atoms with E-state index in [1.165, 1.54) is 0 Å². The lowest BCUT2D eigenvalue weighted by Crippen LogP contribution is -2.39. The quantitative estimate of drug-likeness (QED) is 0.488. The molecule has 2 aromatic rings. The highest BCUT2D eigenvalue weighted by Crippen LogP contribution is 2.29. The number of aliphatic hydroxyl groups is 1. The van der Waals surface area contributed by atoms with Crippen molar-refractivity contribution in [3.63, 3.8) is 0 Å². The van der Waals surface area contributed by atoms with Crippen molar-refractivity contribution in [2.75, 3.05) is 13.2 Å².